The zero-order valence-corrected chi connectivity index (χ0v) is 24.7. The van der Waals surface area contributed by atoms with Gasteiger partial charge in [-0.2, -0.15) is 0 Å². The van der Waals surface area contributed by atoms with Crippen LogP contribution in [0.3, 0.4) is 0 Å². The second kappa shape index (κ2) is 15.5. The van der Waals surface area contributed by atoms with Gasteiger partial charge >= 0.3 is 11.7 Å². The van der Waals surface area contributed by atoms with E-state index in [1.54, 1.807) is 13.8 Å². The van der Waals surface area contributed by atoms with Gasteiger partial charge in [-0.1, -0.05) is 75.1 Å². The molecule has 3 rings (SSSR count). The summed E-state index contributed by atoms with van der Waals surface area (Å²) in [6.07, 6.45) is 7.86. The molecule has 3 aromatic rings. The van der Waals surface area contributed by atoms with E-state index in [4.69, 9.17) is 0 Å². The van der Waals surface area contributed by atoms with Crippen LogP contribution in [0.2, 0.25) is 0 Å². The number of aromatic nitrogens is 3. The van der Waals surface area contributed by atoms with Gasteiger partial charge in [0.1, 0.15) is 4.75 Å². The molecule has 0 aliphatic carbocycles. The number of carbonyl (C=O) groups is 1. The quantitative estimate of drug-likeness (QED) is 0.157. The Kier molecular flexibility index (Phi) is 12.1. The number of unbranched alkanes of at least 4 members (excludes halogenated alkanes) is 5. The number of carboxylic acid groups (broad SMARTS) is 1. The van der Waals surface area contributed by atoms with Crippen molar-refractivity contribution in [3.63, 3.8) is 0 Å². The Hall–Kier alpha value is -3.33. The second-order valence-corrected chi connectivity index (χ2v) is 12.3. The van der Waals surface area contributed by atoms with Crippen LogP contribution in [0.5, 0.6) is 0 Å². The van der Waals surface area contributed by atoms with Crippen LogP contribution in [-0.2, 0) is 24.3 Å². The zero-order chi connectivity index (χ0) is 29.0. The number of nitrogens with zero attached hydrogens (tertiary/aromatic N) is 3. The van der Waals surface area contributed by atoms with E-state index in [-0.39, 0.29) is 18.1 Å². The Morgan fingerprint density at radius 3 is 2.40 bits per heavy atom. The van der Waals surface area contributed by atoms with Gasteiger partial charge in [0.2, 0.25) is 5.82 Å². The van der Waals surface area contributed by atoms with E-state index in [9.17, 15) is 19.5 Å². The van der Waals surface area contributed by atoms with Gasteiger partial charge in [0, 0.05) is 18.0 Å². The molecule has 0 unspecified atom stereocenters. The molecular formula is C31H42N4O4S. The summed E-state index contributed by atoms with van der Waals surface area (Å²) in [5.74, 6) is -0.633. The monoisotopic (exact) mass is 566 g/mol. The number of aryl methyl sites for hydroxylation is 2. The van der Waals surface area contributed by atoms with E-state index in [2.05, 4.69) is 17.3 Å². The smallest absolute Gasteiger partial charge is 0.347 e. The summed E-state index contributed by atoms with van der Waals surface area (Å²) in [5, 5.41) is 17.0. The Labute approximate surface area is 240 Å². The molecule has 0 bridgehead atoms. The van der Waals surface area contributed by atoms with Gasteiger partial charge in [0.15, 0.2) is 0 Å². The molecule has 0 saturated heterocycles. The first-order valence-electron chi connectivity index (χ1n) is 14.2. The maximum absolute atomic E-state index is 13.2. The summed E-state index contributed by atoms with van der Waals surface area (Å²) in [7, 11) is 0. The molecule has 0 fully saturated rings. The van der Waals surface area contributed by atoms with Gasteiger partial charge < -0.3 is 10.4 Å². The maximum atomic E-state index is 13.2. The fraction of sp³-hybridized carbons (Fsp3) is 0.484. The lowest BCUT2D eigenvalue weighted by atomic mass is 10.1. The van der Waals surface area contributed by atoms with E-state index in [0.717, 1.165) is 61.0 Å². The summed E-state index contributed by atoms with van der Waals surface area (Å²) in [6, 6.07) is 17.5. The molecule has 2 N–H and O–H groups in total. The fourth-order valence-electron chi connectivity index (χ4n) is 4.35. The molecule has 9 heteroatoms. The van der Waals surface area contributed by atoms with Gasteiger partial charge in [-0.05, 0) is 62.8 Å². The van der Waals surface area contributed by atoms with E-state index in [1.165, 1.54) is 27.4 Å². The molecule has 1 aromatic heterocycles. The third kappa shape index (κ3) is 9.40. The van der Waals surface area contributed by atoms with Crippen LogP contribution in [-0.4, -0.2) is 36.7 Å². The first kappa shape index (κ1) is 31.2. The van der Waals surface area contributed by atoms with Crippen molar-refractivity contribution >= 4 is 23.5 Å². The van der Waals surface area contributed by atoms with E-state index >= 15 is 0 Å². The molecule has 2 aromatic carbocycles. The van der Waals surface area contributed by atoms with Gasteiger partial charge in [-0.15, -0.1) is 16.9 Å². The van der Waals surface area contributed by atoms with Crippen molar-refractivity contribution in [3.8, 4) is 0 Å². The van der Waals surface area contributed by atoms with Crippen molar-refractivity contribution in [1.82, 2.24) is 14.3 Å². The van der Waals surface area contributed by atoms with Crippen molar-refractivity contribution in [2.24, 2.45) is 0 Å². The van der Waals surface area contributed by atoms with E-state index in [1.807, 2.05) is 54.6 Å². The van der Waals surface area contributed by atoms with Crippen molar-refractivity contribution in [3.05, 3.63) is 86.6 Å². The Morgan fingerprint density at radius 1 is 0.950 bits per heavy atom. The van der Waals surface area contributed by atoms with Crippen LogP contribution in [0.4, 0.5) is 5.82 Å². The lowest BCUT2D eigenvalue weighted by Gasteiger charge is -2.18. The summed E-state index contributed by atoms with van der Waals surface area (Å²) >= 11 is 1.34. The molecule has 1 heterocycles. The number of nitrogens with one attached hydrogen (secondary N) is 1. The number of carboxylic acids is 1. The average molecular weight is 567 g/mol. The largest absolute Gasteiger partial charge is 0.480 e. The summed E-state index contributed by atoms with van der Waals surface area (Å²) in [6.45, 7) is 6.83. The van der Waals surface area contributed by atoms with E-state index < -0.39 is 16.3 Å². The number of anilines is 1. The first-order valence-corrected chi connectivity index (χ1v) is 15.0. The number of rotatable bonds is 17. The van der Waals surface area contributed by atoms with Crippen molar-refractivity contribution in [2.45, 2.75) is 94.9 Å². The molecular weight excluding hydrogens is 524 g/mol. The van der Waals surface area contributed by atoms with Crippen LogP contribution in [0, 0.1) is 0 Å². The van der Waals surface area contributed by atoms with Gasteiger partial charge in [-0.25, -0.2) is 9.48 Å². The van der Waals surface area contributed by atoms with Gasteiger partial charge in [-0.3, -0.25) is 14.2 Å². The third-order valence-electron chi connectivity index (χ3n) is 6.75. The topological polar surface area (TPSA) is 106 Å². The van der Waals surface area contributed by atoms with Crippen LogP contribution in [0.25, 0.3) is 0 Å². The number of hydrogen-bond acceptors (Lipinski definition) is 6. The summed E-state index contributed by atoms with van der Waals surface area (Å²) in [5.41, 5.74) is 1.26. The first-order chi connectivity index (χ1) is 19.2. The van der Waals surface area contributed by atoms with Crippen LogP contribution in [0.15, 0.2) is 69.1 Å². The Bertz CT molecular complexity index is 1350. The SMILES string of the molecule is CCCCCCCn1nc(NCCCCc2cccc(SC(C)(C)C(=O)O)c2)c(=O)n(Cc2ccccc2)c1=O. The predicted molar refractivity (Wildman–Crippen MR) is 163 cm³/mol. The Balaban J connectivity index is 1.63. The minimum Gasteiger partial charge on any atom is -0.480 e. The summed E-state index contributed by atoms with van der Waals surface area (Å²) < 4.78 is 1.81. The number of hydrogen-bond donors (Lipinski definition) is 2. The summed E-state index contributed by atoms with van der Waals surface area (Å²) in [4.78, 5) is 38.8. The molecule has 0 spiro atoms. The highest BCUT2D eigenvalue weighted by atomic mass is 32.2. The molecule has 40 heavy (non-hydrogen) atoms. The van der Waals surface area contributed by atoms with E-state index in [0.29, 0.717) is 13.1 Å². The predicted octanol–water partition coefficient (Wildman–Crippen LogP) is 5.81. The fourth-order valence-corrected chi connectivity index (χ4v) is 5.38. The van der Waals surface area contributed by atoms with Crippen molar-refractivity contribution < 1.29 is 9.90 Å². The molecule has 0 atom stereocenters. The molecule has 0 saturated carbocycles. The Morgan fingerprint density at radius 2 is 1.68 bits per heavy atom. The van der Waals surface area contributed by atoms with Crippen LogP contribution < -0.4 is 16.6 Å². The van der Waals surface area contributed by atoms with Crippen molar-refractivity contribution in [1.29, 1.82) is 0 Å². The van der Waals surface area contributed by atoms with Crippen LogP contribution >= 0.6 is 11.8 Å². The number of aliphatic carboxylic acids is 1. The highest BCUT2D eigenvalue weighted by Crippen LogP contribution is 2.33. The lowest BCUT2D eigenvalue weighted by molar-refractivity contribution is -0.138. The van der Waals surface area contributed by atoms with Crippen molar-refractivity contribution in [2.75, 3.05) is 11.9 Å². The molecule has 8 nitrogen and oxygen atoms in total. The van der Waals surface area contributed by atoms with Gasteiger partial charge in [0.25, 0.3) is 5.56 Å². The molecule has 0 aliphatic heterocycles. The minimum absolute atomic E-state index is 0.207. The number of thioether (sulfide) groups is 1. The molecule has 0 radical (unpaired) electrons. The maximum Gasteiger partial charge on any atom is 0.347 e. The van der Waals surface area contributed by atoms with Crippen LogP contribution in [0.1, 0.15) is 76.8 Å². The highest BCUT2D eigenvalue weighted by molar-refractivity contribution is 8.01. The molecule has 0 aliphatic rings. The number of benzene rings is 2. The average Bonchev–Trinajstić information content (AvgIpc) is 2.93. The molecule has 0 amide bonds. The second-order valence-electron chi connectivity index (χ2n) is 10.6. The third-order valence-corrected chi connectivity index (χ3v) is 7.92. The highest BCUT2D eigenvalue weighted by Gasteiger charge is 2.28. The zero-order valence-electron chi connectivity index (χ0n) is 23.9. The standard InChI is InChI=1S/C31H42N4O4S/c1-4-5-6-7-13-21-35-30(39)34(23-25-16-9-8-10-17-25)28(36)27(33-35)32-20-12-11-15-24-18-14-19-26(22-24)40-31(2,3)29(37)38/h8-10,14,16-19,22H,4-7,11-13,15,20-21,23H2,1-3H3,(H,32,33)(H,37,38). The molecule has 216 valence electrons. The minimum atomic E-state index is -0.894. The normalized spacial score (nSPS) is 11.5. The van der Waals surface area contributed by atoms with Gasteiger partial charge in [0.05, 0.1) is 6.54 Å². The lowest BCUT2D eigenvalue weighted by Crippen LogP contribution is -2.43.